The lowest BCUT2D eigenvalue weighted by Gasteiger charge is -2.21. The summed E-state index contributed by atoms with van der Waals surface area (Å²) < 4.78 is 0. The second-order valence-electron chi connectivity index (χ2n) is 4.20. The summed E-state index contributed by atoms with van der Waals surface area (Å²) in [5.41, 5.74) is -0.573. The molecule has 0 saturated heterocycles. The van der Waals surface area contributed by atoms with Crippen LogP contribution in [-0.4, -0.2) is 28.3 Å². The first-order valence-electron chi connectivity index (χ1n) is 5.35. The van der Waals surface area contributed by atoms with Gasteiger partial charge in [0.05, 0.1) is 10.6 Å². The highest BCUT2D eigenvalue weighted by molar-refractivity contribution is 6.32. The molecule has 0 radical (unpaired) electrons. The van der Waals surface area contributed by atoms with Gasteiger partial charge in [0.25, 0.3) is 5.91 Å². The Morgan fingerprint density at radius 3 is 2.71 bits per heavy atom. The first-order chi connectivity index (χ1) is 7.85. The van der Waals surface area contributed by atoms with Crippen LogP contribution in [0.1, 0.15) is 30.6 Å². The topological polar surface area (TPSA) is 69.6 Å². The number of phenols is 1. The van der Waals surface area contributed by atoms with E-state index in [-0.39, 0.29) is 23.2 Å². The Morgan fingerprint density at radius 2 is 2.18 bits per heavy atom. The lowest BCUT2D eigenvalue weighted by Crippen LogP contribution is -2.40. The SMILES string of the molecule is CCC(C)(O)CNC(=O)c1ccc(O)c(Cl)c1. The predicted octanol–water partition coefficient (Wildman–Crippen LogP) is 1.94. The van der Waals surface area contributed by atoms with Crippen molar-refractivity contribution in [2.75, 3.05) is 6.54 Å². The van der Waals surface area contributed by atoms with Gasteiger partial charge in [0.15, 0.2) is 0 Å². The van der Waals surface area contributed by atoms with Crippen molar-refractivity contribution in [2.45, 2.75) is 25.9 Å². The smallest absolute Gasteiger partial charge is 0.251 e. The fourth-order valence-corrected chi connectivity index (χ4v) is 1.33. The van der Waals surface area contributed by atoms with Crippen LogP contribution in [0.3, 0.4) is 0 Å². The Morgan fingerprint density at radius 1 is 1.53 bits per heavy atom. The van der Waals surface area contributed by atoms with Crippen LogP contribution in [-0.2, 0) is 0 Å². The third-order valence-electron chi connectivity index (χ3n) is 2.60. The number of hydrogen-bond acceptors (Lipinski definition) is 3. The minimum Gasteiger partial charge on any atom is -0.506 e. The lowest BCUT2D eigenvalue weighted by atomic mass is 10.0. The van der Waals surface area contributed by atoms with Crippen LogP contribution < -0.4 is 5.32 Å². The quantitative estimate of drug-likeness (QED) is 0.772. The van der Waals surface area contributed by atoms with E-state index in [0.717, 1.165) is 0 Å². The predicted molar refractivity (Wildman–Crippen MR) is 66.4 cm³/mol. The van der Waals surface area contributed by atoms with Gasteiger partial charge in [0.2, 0.25) is 0 Å². The van der Waals surface area contributed by atoms with Crippen molar-refractivity contribution in [3.63, 3.8) is 0 Å². The van der Waals surface area contributed by atoms with Gasteiger partial charge < -0.3 is 15.5 Å². The highest BCUT2D eigenvalue weighted by Crippen LogP contribution is 2.23. The molecule has 1 aromatic rings. The van der Waals surface area contributed by atoms with Crippen LogP contribution in [0.5, 0.6) is 5.75 Å². The maximum atomic E-state index is 11.7. The largest absolute Gasteiger partial charge is 0.506 e. The van der Waals surface area contributed by atoms with Crippen molar-refractivity contribution < 1.29 is 15.0 Å². The first kappa shape index (κ1) is 13.8. The number of halogens is 1. The number of benzene rings is 1. The molecule has 0 aliphatic carbocycles. The van der Waals surface area contributed by atoms with Gasteiger partial charge in [-0.2, -0.15) is 0 Å². The van der Waals surface area contributed by atoms with Crippen LogP contribution in [0.15, 0.2) is 18.2 Å². The Bertz CT molecular complexity index is 418. The molecule has 1 rings (SSSR count). The Kier molecular flexibility index (Phi) is 4.37. The zero-order valence-corrected chi connectivity index (χ0v) is 10.6. The summed E-state index contributed by atoms with van der Waals surface area (Å²) in [5, 5.41) is 21.7. The van der Waals surface area contributed by atoms with Crippen LogP contribution in [0, 0.1) is 0 Å². The zero-order valence-electron chi connectivity index (χ0n) is 9.83. The summed E-state index contributed by atoms with van der Waals surface area (Å²) >= 11 is 5.70. The van der Waals surface area contributed by atoms with Gasteiger partial charge in [-0.3, -0.25) is 4.79 Å². The van der Waals surface area contributed by atoms with Crippen molar-refractivity contribution in [1.29, 1.82) is 0 Å². The molecule has 0 aromatic heterocycles. The van der Waals surface area contributed by atoms with Crippen LogP contribution >= 0.6 is 11.6 Å². The summed E-state index contributed by atoms with van der Waals surface area (Å²) in [6, 6.07) is 4.21. The summed E-state index contributed by atoms with van der Waals surface area (Å²) in [4.78, 5) is 11.7. The molecular weight excluding hydrogens is 242 g/mol. The molecule has 0 spiro atoms. The van der Waals surface area contributed by atoms with Gasteiger partial charge in [-0.1, -0.05) is 18.5 Å². The monoisotopic (exact) mass is 257 g/mol. The highest BCUT2D eigenvalue weighted by atomic mass is 35.5. The molecule has 0 bridgehead atoms. The van der Waals surface area contributed by atoms with Gasteiger partial charge >= 0.3 is 0 Å². The number of hydrogen-bond donors (Lipinski definition) is 3. The Hall–Kier alpha value is -1.26. The van der Waals surface area contributed by atoms with Crippen molar-refractivity contribution >= 4 is 17.5 Å². The second kappa shape index (κ2) is 5.38. The molecule has 5 heteroatoms. The number of carbonyl (C=O) groups is 1. The van der Waals surface area contributed by atoms with Gasteiger partial charge in [0.1, 0.15) is 5.75 Å². The first-order valence-corrected chi connectivity index (χ1v) is 5.72. The minimum absolute atomic E-state index is 0.0660. The van der Waals surface area contributed by atoms with Gasteiger partial charge in [-0.15, -0.1) is 0 Å². The van der Waals surface area contributed by atoms with E-state index in [0.29, 0.717) is 12.0 Å². The summed E-state index contributed by atoms with van der Waals surface area (Å²) in [5.74, 6) is -0.399. The van der Waals surface area contributed by atoms with Crippen molar-refractivity contribution in [2.24, 2.45) is 0 Å². The van der Waals surface area contributed by atoms with E-state index in [2.05, 4.69) is 5.32 Å². The molecule has 1 atom stereocenters. The number of phenolic OH excluding ortho intramolecular Hbond substituents is 1. The average Bonchev–Trinajstić information content (AvgIpc) is 2.30. The second-order valence-corrected chi connectivity index (χ2v) is 4.61. The molecule has 1 aromatic carbocycles. The summed E-state index contributed by atoms with van der Waals surface area (Å²) in [6.45, 7) is 3.65. The number of nitrogens with one attached hydrogen (secondary N) is 1. The molecule has 0 fully saturated rings. The van der Waals surface area contributed by atoms with Gasteiger partial charge in [0, 0.05) is 12.1 Å². The number of aliphatic hydroxyl groups is 1. The van der Waals surface area contributed by atoms with E-state index < -0.39 is 5.60 Å². The number of amides is 1. The number of aromatic hydroxyl groups is 1. The van der Waals surface area contributed by atoms with E-state index in [1.807, 2.05) is 6.92 Å². The van der Waals surface area contributed by atoms with Crippen LogP contribution in [0.2, 0.25) is 5.02 Å². The van der Waals surface area contributed by atoms with E-state index in [1.54, 1.807) is 6.92 Å². The minimum atomic E-state index is -0.920. The number of carbonyl (C=O) groups excluding carboxylic acids is 1. The fraction of sp³-hybridized carbons (Fsp3) is 0.417. The normalized spacial score (nSPS) is 14.1. The van der Waals surface area contributed by atoms with Crippen molar-refractivity contribution in [1.82, 2.24) is 5.32 Å². The third kappa shape index (κ3) is 3.91. The van der Waals surface area contributed by atoms with E-state index in [1.165, 1.54) is 18.2 Å². The molecule has 1 unspecified atom stereocenters. The molecule has 0 aliphatic heterocycles. The molecule has 3 N–H and O–H groups in total. The number of rotatable bonds is 4. The van der Waals surface area contributed by atoms with Gasteiger partial charge in [-0.05, 0) is 31.5 Å². The fourth-order valence-electron chi connectivity index (χ4n) is 1.15. The van der Waals surface area contributed by atoms with Gasteiger partial charge in [-0.25, -0.2) is 0 Å². The van der Waals surface area contributed by atoms with E-state index in [4.69, 9.17) is 11.6 Å². The standard InChI is InChI=1S/C12H16ClNO3/c1-3-12(2,17)7-14-11(16)8-4-5-10(15)9(13)6-8/h4-6,15,17H,3,7H2,1-2H3,(H,14,16). The van der Waals surface area contributed by atoms with E-state index >= 15 is 0 Å². The zero-order chi connectivity index (χ0) is 13.1. The highest BCUT2D eigenvalue weighted by Gasteiger charge is 2.19. The Balaban J connectivity index is 2.68. The molecule has 17 heavy (non-hydrogen) atoms. The van der Waals surface area contributed by atoms with Crippen LogP contribution in [0.4, 0.5) is 0 Å². The summed E-state index contributed by atoms with van der Waals surface area (Å²) in [7, 11) is 0. The Labute approximate surface area is 105 Å². The molecule has 0 saturated carbocycles. The average molecular weight is 258 g/mol. The molecule has 94 valence electrons. The lowest BCUT2D eigenvalue weighted by molar-refractivity contribution is 0.0518. The maximum Gasteiger partial charge on any atom is 0.251 e. The van der Waals surface area contributed by atoms with Crippen LogP contribution in [0.25, 0.3) is 0 Å². The maximum absolute atomic E-state index is 11.7. The third-order valence-corrected chi connectivity index (χ3v) is 2.90. The van der Waals surface area contributed by atoms with E-state index in [9.17, 15) is 15.0 Å². The molecule has 0 heterocycles. The van der Waals surface area contributed by atoms with Crippen molar-refractivity contribution in [3.05, 3.63) is 28.8 Å². The summed E-state index contributed by atoms with van der Waals surface area (Å²) in [6.07, 6.45) is 0.545. The molecule has 0 aliphatic rings. The molecular formula is C12H16ClNO3. The molecule has 4 nitrogen and oxygen atoms in total. The van der Waals surface area contributed by atoms with Crippen molar-refractivity contribution in [3.8, 4) is 5.75 Å². The molecule has 1 amide bonds.